The predicted molar refractivity (Wildman–Crippen MR) is 152 cm³/mol. The second-order valence-electron chi connectivity index (χ2n) is 7.73. The molecule has 2 aromatic carbocycles. The molecule has 0 aliphatic rings. The SMILES string of the molecule is C=C/C(=C\C=C\N(Cc1ccccc1Cl)C(=NCC)C(C)c1ccc(CCC(=O)O)cc1)OC.CC. The maximum atomic E-state index is 10.9. The van der Waals surface area contributed by atoms with Crippen LogP contribution in [0.25, 0.3) is 0 Å². The molecule has 0 saturated carbocycles. The number of hydrogen-bond donors (Lipinski definition) is 1. The van der Waals surface area contributed by atoms with E-state index in [4.69, 9.17) is 26.4 Å². The lowest BCUT2D eigenvalue weighted by Crippen LogP contribution is -2.30. The first kappa shape index (κ1) is 30.7. The van der Waals surface area contributed by atoms with E-state index in [9.17, 15) is 4.79 Å². The molecular weight excluding hydrogens is 472 g/mol. The van der Waals surface area contributed by atoms with Crippen LogP contribution in [0.15, 0.2) is 90.3 Å². The Hall–Kier alpha value is -3.31. The zero-order chi connectivity index (χ0) is 26.9. The number of benzene rings is 2. The van der Waals surface area contributed by atoms with E-state index in [-0.39, 0.29) is 12.3 Å². The van der Waals surface area contributed by atoms with E-state index >= 15 is 0 Å². The van der Waals surface area contributed by atoms with Gasteiger partial charge >= 0.3 is 5.97 Å². The molecule has 0 aromatic heterocycles. The molecule has 36 heavy (non-hydrogen) atoms. The Balaban J connectivity index is 0.00000316. The second-order valence-corrected chi connectivity index (χ2v) is 8.13. The summed E-state index contributed by atoms with van der Waals surface area (Å²) in [6.45, 7) is 13.1. The number of amidine groups is 1. The Morgan fingerprint density at radius 2 is 1.86 bits per heavy atom. The minimum Gasteiger partial charge on any atom is -0.497 e. The number of methoxy groups -OCH3 is 1. The predicted octanol–water partition coefficient (Wildman–Crippen LogP) is 7.64. The van der Waals surface area contributed by atoms with Gasteiger partial charge in [-0.05, 0) is 54.3 Å². The Morgan fingerprint density at radius 3 is 2.42 bits per heavy atom. The number of aliphatic carboxylic acids is 1. The van der Waals surface area contributed by atoms with Crippen LogP contribution in [0, 0.1) is 0 Å². The third-order valence-corrected chi connectivity index (χ3v) is 5.74. The van der Waals surface area contributed by atoms with E-state index in [0.717, 1.165) is 22.5 Å². The first-order valence-electron chi connectivity index (χ1n) is 12.3. The van der Waals surface area contributed by atoms with E-state index < -0.39 is 5.97 Å². The highest BCUT2D eigenvalue weighted by molar-refractivity contribution is 6.31. The molecule has 0 aliphatic carbocycles. The van der Waals surface area contributed by atoms with Gasteiger partial charge in [0.2, 0.25) is 0 Å². The molecule has 0 heterocycles. The van der Waals surface area contributed by atoms with Gasteiger partial charge in [0.1, 0.15) is 11.6 Å². The molecule has 1 unspecified atom stereocenters. The van der Waals surface area contributed by atoms with E-state index in [1.54, 1.807) is 13.2 Å². The first-order valence-corrected chi connectivity index (χ1v) is 12.7. The summed E-state index contributed by atoms with van der Waals surface area (Å²) in [4.78, 5) is 17.8. The number of carboxylic acids is 1. The molecule has 1 atom stereocenters. The number of nitrogens with zero attached hydrogens (tertiary/aromatic N) is 2. The molecule has 194 valence electrons. The van der Waals surface area contributed by atoms with Crippen LogP contribution in [0.1, 0.15) is 56.7 Å². The number of carbonyl (C=O) groups is 1. The van der Waals surface area contributed by atoms with Crippen LogP contribution in [0.5, 0.6) is 0 Å². The maximum absolute atomic E-state index is 10.9. The quantitative estimate of drug-likeness (QED) is 0.138. The number of aliphatic imine (C=N–C) groups is 1. The highest BCUT2D eigenvalue weighted by atomic mass is 35.5. The van der Waals surface area contributed by atoms with Crippen molar-refractivity contribution in [2.45, 2.75) is 53.0 Å². The lowest BCUT2D eigenvalue weighted by atomic mass is 9.96. The van der Waals surface area contributed by atoms with Crippen molar-refractivity contribution in [3.05, 3.63) is 107 Å². The van der Waals surface area contributed by atoms with Gasteiger partial charge in [-0.3, -0.25) is 9.79 Å². The molecule has 2 rings (SSSR count). The van der Waals surface area contributed by atoms with Crippen molar-refractivity contribution in [3.63, 3.8) is 0 Å². The molecule has 0 saturated heterocycles. The third kappa shape index (κ3) is 10.1. The molecule has 0 aliphatic heterocycles. The smallest absolute Gasteiger partial charge is 0.303 e. The number of rotatable bonds is 12. The Kier molecular flexibility index (Phi) is 14.7. The summed E-state index contributed by atoms with van der Waals surface area (Å²) >= 11 is 6.47. The third-order valence-electron chi connectivity index (χ3n) is 5.37. The Morgan fingerprint density at radius 1 is 1.19 bits per heavy atom. The fraction of sp³-hybridized carbons (Fsp3) is 0.333. The number of hydrogen-bond acceptors (Lipinski definition) is 3. The average Bonchev–Trinajstić information content (AvgIpc) is 2.90. The number of aryl methyl sites for hydroxylation is 1. The largest absolute Gasteiger partial charge is 0.497 e. The van der Waals surface area contributed by atoms with Crippen LogP contribution in [0.3, 0.4) is 0 Å². The monoisotopic (exact) mass is 510 g/mol. The van der Waals surface area contributed by atoms with Crippen LogP contribution in [0.4, 0.5) is 0 Å². The Bertz CT molecular complexity index is 1040. The molecular formula is C30H39ClN2O3. The lowest BCUT2D eigenvalue weighted by molar-refractivity contribution is -0.136. The van der Waals surface area contributed by atoms with Gasteiger partial charge < -0.3 is 14.7 Å². The summed E-state index contributed by atoms with van der Waals surface area (Å²) in [5, 5.41) is 9.63. The summed E-state index contributed by atoms with van der Waals surface area (Å²) in [6, 6.07) is 15.9. The molecule has 0 radical (unpaired) electrons. The van der Waals surface area contributed by atoms with Crippen molar-refractivity contribution < 1.29 is 14.6 Å². The van der Waals surface area contributed by atoms with Gasteiger partial charge in [-0.2, -0.15) is 0 Å². The standard InChI is InChI=1S/C28H33ClN2O3.C2H6/c1-5-25(34-4)11-9-19-31(20-24-10-7-8-12-26(24)29)28(30-6-2)21(3)23-16-13-22(14-17-23)15-18-27(32)33;1-2/h5,7-14,16-17,19,21H,1,6,15,18,20H2,2-4H3,(H,32,33);1-2H3/b19-9+,25-11+,30-28?;. The van der Waals surface area contributed by atoms with E-state index in [1.807, 2.05) is 87.7 Å². The fourth-order valence-corrected chi connectivity index (χ4v) is 3.69. The zero-order valence-corrected chi connectivity index (χ0v) is 22.8. The fourth-order valence-electron chi connectivity index (χ4n) is 3.49. The molecule has 0 amide bonds. The Labute approximate surface area is 221 Å². The normalized spacial score (nSPS) is 12.5. The topological polar surface area (TPSA) is 62.1 Å². The number of ether oxygens (including phenoxy) is 1. The van der Waals surface area contributed by atoms with Crippen LogP contribution in [-0.4, -0.2) is 35.5 Å². The first-order chi connectivity index (χ1) is 17.4. The van der Waals surface area contributed by atoms with Crippen molar-refractivity contribution in [2.75, 3.05) is 13.7 Å². The van der Waals surface area contributed by atoms with Gasteiger partial charge in [0.15, 0.2) is 0 Å². The minimum absolute atomic E-state index is 0.00545. The highest BCUT2D eigenvalue weighted by Gasteiger charge is 2.19. The van der Waals surface area contributed by atoms with Crippen LogP contribution < -0.4 is 0 Å². The van der Waals surface area contributed by atoms with E-state index in [2.05, 4.69) is 18.4 Å². The molecule has 2 aromatic rings. The van der Waals surface area contributed by atoms with Crippen molar-refractivity contribution >= 4 is 23.4 Å². The zero-order valence-electron chi connectivity index (χ0n) is 22.1. The summed E-state index contributed by atoms with van der Waals surface area (Å²) < 4.78 is 5.27. The van der Waals surface area contributed by atoms with E-state index in [0.29, 0.717) is 30.3 Å². The van der Waals surface area contributed by atoms with Gasteiger partial charge in [-0.1, -0.05) is 81.4 Å². The van der Waals surface area contributed by atoms with Gasteiger partial charge in [0, 0.05) is 30.1 Å². The van der Waals surface area contributed by atoms with Gasteiger partial charge in [0.05, 0.1) is 13.7 Å². The molecule has 6 heteroatoms. The summed E-state index contributed by atoms with van der Waals surface area (Å²) in [5.74, 6) is 0.778. The lowest BCUT2D eigenvalue weighted by Gasteiger charge is -2.28. The maximum Gasteiger partial charge on any atom is 0.303 e. The van der Waals surface area contributed by atoms with Gasteiger partial charge in [0.25, 0.3) is 0 Å². The van der Waals surface area contributed by atoms with Gasteiger partial charge in [-0.15, -0.1) is 0 Å². The number of allylic oxidation sites excluding steroid dienone is 3. The number of carboxylic acid groups (broad SMARTS) is 1. The molecule has 0 fully saturated rings. The van der Waals surface area contributed by atoms with Gasteiger partial charge in [-0.25, -0.2) is 0 Å². The minimum atomic E-state index is -0.793. The van der Waals surface area contributed by atoms with Crippen LogP contribution >= 0.6 is 11.6 Å². The average molecular weight is 511 g/mol. The molecule has 5 nitrogen and oxygen atoms in total. The number of halogens is 1. The van der Waals surface area contributed by atoms with Crippen molar-refractivity contribution in [3.8, 4) is 0 Å². The highest BCUT2D eigenvalue weighted by Crippen LogP contribution is 2.24. The van der Waals surface area contributed by atoms with Crippen LogP contribution in [-0.2, 0) is 22.5 Å². The van der Waals surface area contributed by atoms with Crippen molar-refractivity contribution in [1.29, 1.82) is 0 Å². The summed E-state index contributed by atoms with van der Waals surface area (Å²) in [5.41, 5.74) is 3.10. The molecule has 0 spiro atoms. The molecule has 1 N–H and O–H groups in total. The van der Waals surface area contributed by atoms with Crippen LogP contribution in [0.2, 0.25) is 5.02 Å². The summed E-state index contributed by atoms with van der Waals surface area (Å²) in [6.07, 6.45) is 8.01. The van der Waals surface area contributed by atoms with Crippen molar-refractivity contribution in [2.24, 2.45) is 4.99 Å². The summed E-state index contributed by atoms with van der Waals surface area (Å²) in [7, 11) is 1.61. The second kappa shape index (κ2) is 17.2. The molecule has 0 bridgehead atoms. The van der Waals surface area contributed by atoms with Crippen molar-refractivity contribution in [1.82, 2.24) is 4.90 Å². The van der Waals surface area contributed by atoms with E-state index in [1.165, 1.54) is 0 Å².